The minimum Gasteiger partial charge on any atom is -1.00 e. The molecular weight excluding hydrogens is 607 g/mol. The van der Waals surface area contributed by atoms with Gasteiger partial charge in [-0.3, -0.25) is 6.08 Å². The molecule has 0 saturated heterocycles. The maximum absolute atomic E-state index is 3.65. The van der Waals surface area contributed by atoms with Crippen molar-refractivity contribution in [2.45, 2.75) is 41.0 Å². The van der Waals surface area contributed by atoms with Gasteiger partial charge in [-0.05, 0) is 23.1 Å². The van der Waals surface area contributed by atoms with E-state index in [2.05, 4.69) is 150 Å². The Hall–Kier alpha value is -2.18. The van der Waals surface area contributed by atoms with Crippen molar-refractivity contribution in [1.82, 2.24) is 0 Å². The van der Waals surface area contributed by atoms with Crippen molar-refractivity contribution in [3.8, 4) is 33.4 Å². The summed E-state index contributed by atoms with van der Waals surface area (Å²) in [6.45, 7) is 11.2. The van der Waals surface area contributed by atoms with Crippen LogP contribution in [0.4, 0.5) is 0 Å². The van der Waals surface area contributed by atoms with Crippen LogP contribution in [-0.2, 0) is 32.6 Å². The van der Waals surface area contributed by atoms with Crippen LogP contribution in [0.5, 0.6) is 0 Å². The Bertz CT molecular complexity index is 1360. The van der Waals surface area contributed by atoms with E-state index in [-0.39, 0.29) is 56.4 Å². The Morgan fingerprint density at radius 1 is 0.725 bits per heavy atom. The standard InChI is InChI=1S/C25H17.C12H19.2ClH.Zr/c1-3-7-18(8-4-1)20-11-13-24-22(15-20)17-23-16-21(12-14-25(23)24)19-9-5-2-6-10-19;1-9(2)10-6-7-11(8-10)12(3,4)5;;;/h1-15H,17H2;7-10H,1-5H3;2*1H;/q2*-1;;;+4/p-2. The fourth-order valence-electron chi connectivity index (χ4n) is 5.05. The summed E-state index contributed by atoms with van der Waals surface area (Å²) in [5.74, 6) is 1.22. The zero-order valence-electron chi connectivity index (χ0n) is 23.9. The number of benzene rings is 4. The monoisotopic (exact) mass is 640 g/mol. The average molecular weight is 643 g/mol. The SMILES string of the molecule is CC(C)C1[C-]=CC(C(C)(C)C)=C1.[Cl-].[Cl-].[Zr+4].[c-]1c(-c2ccccc2)ccc2c1Cc1cc(-c3ccccc3)ccc1-2. The van der Waals surface area contributed by atoms with Gasteiger partial charge >= 0.3 is 26.2 Å². The van der Waals surface area contributed by atoms with Crippen LogP contribution in [0.1, 0.15) is 45.7 Å². The smallest absolute Gasteiger partial charge is 1.00 e. The molecule has 1 atom stereocenters. The minimum atomic E-state index is 0. The molecule has 0 radical (unpaired) electrons. The maximum Gasteiger partial charge on any atom is 4.00 e. The molecule has 0 saturated carbocycles. The largest absolute Gasteiger partial charge is 4.00 e. The summed E-state index contributed by atoms with van der Waals surface area (Å²) in [6, 6.07) is 36.0. The molecule has 3 heteroatoms. The molecule has 4 aromatic rings. The summed E-state index contributed by atoms with van der Waals surface area (Å²) in [6.07, 6.45) is 8.87. The molecule has 40 heavy (non-hydrogen) atoms. The molecule has 0 fully saturated rings. The zero-order valence-corrected chi connectivity index (χ0v) is 27.9. The predicted molar refractivity (Wildman–Crippen MR) is 158 cm³/mol. The Labute approximate surface area is 273 Å². The molecule has 0 amide bonds. The number of fused-ring (bicyclic) bond motifs is 3. The zero-order chi connectivity index (χ0) is 26.0. The first-order valence-corrected chi connectivity index (χ1v) is 13.4. The molecular formula is C37H36Cl2Zr. The van der Waals surface area contributed by atoms with Crippen LogP contribution in [0.25, 0.3) is 33.4 Å². The van der Waals surface area contributed by atoms with Gasteiger partial charge in [0.1, 0.15) is 0 Å². The molecule has 0 spiro atoms. The van der Waals surface area contributed by atoms with Crippen molar-refractivity contribution in [2.24, 2.45) is 17.3 Å². The van der Waals surface area contributed by atoms with Crippen LogP contribution in [0.2, 0.25) is 0 Å². The molecule has 6 rings (SSSR count). The summed E-state index contributed by atoms with van der Waals surface area (Å²) in [5, 5.41) is 0. The topological polar surface area (TPSA) is 0 Å². The van der Waals surface area contributed by atoms with E-state index in [1.54, 1.807) is 0 Å². The van der Waals surface area contributed by atoms with Gasteiger partial charge in [0.05, 0.1) is 0 Å². The molecule has 2 aliphatic carbocycles. The van der Waals surface area contributed by atoms with E-state index in [4.69, 9.17) is 0 Å². The molecule has 0 aliphatic heterocycles. The van der Waals surface area contributed by atoms with E-state index in [1.165, 1.54) is 50.1 Å². The fourth-order valence-corrected chi connectivity index (χ4v) is 5.05. The van der Waals surface area contributed by atoms with E-state index in [9.17, 15) is 0 Å². The quantitative estimate of drug-likeness (QED) is 0.261. The third-order valence-electron chi connectivity index (χ3n) is 7.36. The second kappa shape index (κ2) is 14.6. The Morgan fingerprint density at radius 3 is 1.88 bits per heavy atom. The molecule has 0 heterocycles. The van der Waals surface area contributed by atoms with Gasteiger partial charge in [-0.25, -0.2) is 6.08 Å². The van der Waals surface area contributed by atoms with Gasteiger partial charge in [0.2, 0.25) is 0 Å². The van der Waals surface area contributed by atoms with Gasteiger partial charge < -0.3 is 24.8 Å². The molecule has 1 unspecified atom stereocenters. The second-order valence-electron chi connectivity index (χ2n) is 11.5. The van der Waals surface area contributed by atoms with Crippen molar-refractivity contribution in [1.29, 1.82) is 0 Å². The van der Waals surface area contributed by atoms with E-state index in [0.29, 0.717) is 11.8 Å². The van der Waals surface area contributed by atoms with E-state index in [0.717, 1.165) is 6.42 Å². The first-order chi connectivity index (χ1) is 17.8. The van der Waals surface area contributed by atoms with Crippen molar-refractivity contribution in [3.05, 3.63) is 132 Å². The minimum absolute atomic E-state index is 0. The number of allylic oxidation sites excluding steroid dienone is 4. The van der Waals surface area contributed by atoms with Gasteiger partial charge in [0.15, 0.2) is 0 Å². The fraction of sp³-hybridized carbons (Fsp3) is 0.243. The molecule has 4 aromatic carbocycles. The van der Waals surface area contributed by atoms with Gasteiger partial charge in [-0.1, -0.05) is 147 Å². The third-order valence-corrected chi connectivity index (χ3v) is 7.36. The molecule has 0 nitrogen and oxygen atoms in total. The maximum atomic E-state index is 3.65. The normalized spacial score (nSPS) is 14.4. The number of hydrogen-bond acceptors (Lipinski definition) is 0. The van der Waals surface area contributed by atoms with Crippen LogP contribution in [0, 0.1) is 29.4 Å². The summed E-state index contributed by atoms with van der Waals surface area (Å²) in [7, 11) is 0. The number of hydrogen-bond donors (Lipinski definition) is 0. The van der Waals surface area contributed by atoms with Gasteiger partial charge in [0, 0.05) is 0 Å². The van der Waals surface area contributed by atoms with E-state index >= 15 is 0 Å². The molecule has 0 bridgehead atoms. The molecule has 2 aliphatic rings. The summed E-state index contributed by atoms with van der Waals surface area (Å²) in [5.41, 5.74) is 12.1. The number of rotatable bonds is 3. The molecule has 0 aromatic heterocycles. The van der Waals surface area contributed by atoms with Crippen LogP contribution in [0.3, 0.4) is 0 Å². The van der Waals surface area contributed by atoms with E-state index < -0.39 is 0 Å². The summed E-state index contributed by atoms with van der Waals surface area (Å²) >= 11 is 0. The Morgan fingerprint density at radius 2 is 1.32 bits per heavy atom. The van der Waals surface area contributed by atoms with Gasteiger partial charge in [-0.2, -0.15) is 11.6 Å². The second-order valence-corrected chi connectivity index (χ2v) is 11.5. The number of halogens is 2. The third kappa shape index (κ3) is 7.76. The van der Waals surface area contributed by atoms with E-state index in [1.807, 2.05) is 0 Å². The van der Waals surface area contributed by atoms with Crippen LogP contribution >= 0.6 is 0 Å². The van der Waals surface area contributed by atoms with Crippen molar-refractivity contribution < 1.29 is 51.0 Å². The van der Waals surface area contributed by atoms with Crippen LogP contribution in [-0.4, -0.2) is 0 Å². The first-order valence-electron chi connectivity index (χ1n) is 13.4. The van der Waals surface area contributed by atoms with Gasteiger partial charge in [0.25, 0.3) is 0 Å². The van der Waals surface area contributed by atoms with Crippen molar-refractivity contribution >= 4 is 0 Å². The molecule has 0 N–H and O–H groups in total. The van der Waals surface area contributed by atoms with Crippen LogP contribution in [0.15, 0.2) is 109 Å². The first kappa shape index (κ1) is 34.0. The Kier molecular flexibility index (Phi) is 12.4. The Balaban J connectivity index is 0.000000323. The van der Waals surface area contributed by atoms with Crippen molar-refractivity contribution in [3.63, 3.8) is 0 Å². The average Bonchev–Trinajstić information content (AvgIpc) is 3.55. The summed E-state index contributed by atoms with van der Waals surface area (Å²) < 4.78 is 0. The predicted octanol–water partition coefficient (Wildman–Crippen LogP) is 4.00. The van der Waals surface area contributed by atoms with Gasteiger partial charge in [-0.15, -0.1) is 29.3 Å². The van der Waals surface area contributed by atoms with Crippen molar-refractivity contribution in [2.75, 3.05) is 0 Å². The summed E-state index contributed by atoms with van der Waals surface area (Å²) in [4.78, 5) is 0. The van der Waals surface area contributed by atoms with Crippen LogP contribution < -0.4 is 24.8 Å². The molecule has 202 valence electrons.